The summed E-state index contributed by atoms with van der Waals surface area (Å²) in [6.07, 6.45) is 0. The van der Waals surface area contributed by atoms with E-state index < -0.39 is 0 Å². The second kappa shape index (κ2) is 6.56. The highest BCUT2D eigenvalue weighted by Gasteiger charge is 2.15. The zero-order chi connectivity index (χ0) is 14.5. The van der Waals surface area contributed by atoms with Crippen molar-refractivity contribution in [3.8, 4) is 11.6 Å². The third-order valence-electron chi connectivity index (χ3n) is 2.69. The molecule has 0 unspecified atom stereocenters. The molecule has 0 spiro atoms. The van der Waals surface area contributed by atoms with Crippen LogP contribution in [0.1, 0.15) is 19.6 Å². The smallest absolute Gasteiger partial charge is 0.277 e. The molecule has 20 heavy (non-hydrogen) atoms. The topological polar surface area (TPSA) is 85.3 Å². The summed E-state index contributed by atoms with van der Waals surface area (Å²) < 4.78 is 10.4. The van der Waals surface area contributed by atoms with E-state index in [0.717, 1.165) is 0 Å². The molecule has 0 atom stereocenters. The number of amides is 1. The van der Waals surface area contributed by atoms with Gasteiger partial charge in [-0.25, -0.2) is 0 Å². The molecule has 0 aliphatic carbocycles. The summed E-state index contributed by atoms with van der Waals surface area (Å²) in [7, 11) is 0. The summed E-state index contributed by atoms with van der Waals surface area (Å²) in [4.78, 5) is 13.6. The second-order valence-corrected chi connectivity index (χ2v) is 4.98. The first-order valence-corrected chi connectivity index (χ1v) is 7.30. The molecule has 0 N–H and O–H groups in total. The average Bonchev–Trinajstić information content (AvgIpc) is 3.06. The zero-order valence-corrected chi connectivity index (χ0v) is 12.4. The molecule has 0 aliphatic heterocycles. The molecule has 2 heterocycles. The van der Waals surface area contributed by atoms with E-state index in [1.807, 2.05) is 13.8 Å². The van der Waals surface area contributed by atoms with Crippen LogP contribution < -0.4 is 0 Å². The maximum absolute atomic E-state index is 11.8. The fraction of sp³-hybridized carbons (Fsp3) is 0.500. The van der Waals surface area contributed by atoms with Crippen LogP contribution in [0.2, 0.25) is 0 Å². The zero-order valence-electron chi connectivity index (χ0n) is 11.6. The van der Waals surface area contributed by atoms with Crippen molar-refractivity contribution in [3.63, 3.8) is 0 Å². The standard InChI is InChI=1S/C12H16N4O3S/c1-4-16(5-2)10(17)7-20-12-14-13-11(18-12)9-6-8(3)19-15-9/h6H,4-5,7H2,1-3H3. The molecule has 0 saturated heterocycles. The SMILES string of the molecule is CCN(CC)C(=O)CSc1nnc(-c2cc(C)on2)o1. The van der Waals surface area contributed by atoms with Gasteiger partial charge in [-0.05, 0) is 20.8 Å². The van der Waals surface area contributed by atoms with Gasteiger partial charge in [-0.15, -0.1) is 10.2 Å². The number of rotatable bonds is 6. The maximum atomic E-state index is 11.8. The summed E-state index contributed by atoms with van der Waals surface area (Å²) in [5, 5.41) is 11.9. The first-order chi connectivity index (χ1) is 9.63. The van der Waals surface area contributed by atoms with E-state index in [9.17, 15) is 4.79 Å². The van der Waals surface area contributed by atoms with E-state index in [-0.39, 0.29) is 11.7 Å². The van der Waals surface area contributed by atoms with Crippen LogP contribution in [0.5, 0.6) is 0 Å². The summed E-state index contributed by atoms with van der Waals surface area (Å²) in [5.41, 5.74) is 0.497. The van der Waals surface area contributed by atoms with Crippen molar-refractivity contribution in [3.05, 3.63) is 11.8 Å². The number of aryl methyl sites for hydroxylation is 1. The van der Waals surface area contributed by atoms with Gasteiger partial charge in [0.2, 0.25) is 5.91 Å². The minimum Gasteiger partial charge on any atom is -0.409 e. The van der Waals surface area contributed by atoms with E-state index in [0.29, 0.717) is 35.7 Å². The molecule has 108 valence electrons. The Morgan fingerprint density at radius 1 is 1.35 bits per heavy atom. The molecule has 0 radical (unpaired) electrons. The van der Waals surface area contributed by atoms with Gasteiger partial charge >= 0.3 is 0 Å². The van der Waals surface area contributed by atoms with E-state index in [1.54, 1.807) is 17.9 Å². The summed E-state index contributed by atoms with van der Waals surface area (Å²) in [5.74, 6) is 1.29. The van der Waals surface area contributed by atoms with Gasteiger partial charge in [0.05, 0.1) is 5.75 Å². The van der Waals surface area contributed by atoms with Crippen molar-refractivity contribution in [2.24, 2.45) is 0 Å². The molecule has 7 nitrogen and oxygen atoms in total. The first-order valence-electron chi connectivity index (χ1n) is 6.31. The quantitative estimate of drug-likeness (QED) is 0.753. The second-order valence-electron chi connectivity index (χ2n) is 4.05. The normalized spacial score (nSPS) is 10.8. The molecule has 8 heteroatoms. The third-order valence-corrected chi connectivity index (χ3v) is 3.49. The molecule has 1 amide bonds. The Bertz CT molecular complexity index is 577. The summed E-state index contributed by atoms with van der Waals surface area (Å²) in [6.45, 7) is 7.07. The Morgan fingerprint density at radius 2 is 2.10 bits per heavy atom. The summed E-state index contributed by atoms with van der Waals surface area (Å²) in [6, 6.07) is 1.71. The Morgan fingerprint density at radius 3 is 2.70 bits per heavy atom. The van der Waals surface area contributed by atoms with Gasteiger partial charge in [0.15, 0.2) is 5.69 Å². The molecule has 0 aromatic carbocycles. The maximum Gasteiger partial charge on any atom is 0.277 e. The van der Waals surface area contributed by atoms with Crippen molar-refractivity contribution in [1.29, 1.82) is 0 Å². The monoisotopic (exact) mass is 296 g/mol. The predicted octanol–water partition coefficient (Wildman–Crippen LogP) is 1.99. The van der Waals surface area contributed by atoms with Crippen LogP contribution in [0.25, 0.3) is 11.6 Å². The van der Waals surface area contributed by atoms with Crippen molar-refractivity contribution < 1.29 is 13.7 Å². The molecule has 0 aliphatic rings. The van der Waals surface area contributed by atoms with Gasteiger partial charge in [-0.3, -0.25) is 4.79 Å². The molecule has 2 rings (SSSR count). The van der Waals surface area contributed by atoms with Crippen LogP contribution in [0.3, 0.4) is 0 Å². The van der Waals surface area contributed by atoms with Gasteiger partial charge < -0.3 is 13.8 Å². The fourth-order valence-electron chi connectivity index (χ4n) is 1.63. The number of aromatic nitrogens is 3. The van der Waals surface area contributed by atoms with E-state index >= 15 is 0 Å². The van der Waals surface area contributed by atoms with E-state index in [1.165, 1.54) is 11.8 Å². The highest BCUT2D eigenvalue weighted by molar-refractivity contribution is 7.99. The fourth-order valence-corrected chi connectivity index (χ4v) is 2.30. The van der Waals surface area contributed by atoms with Crippen LogP contribution in [0.15, 0.2) is 20.2 Å². The molecule has 2 aromatic rings. The molecular formula is C12H16N4O3S. The highest BCUT2D eigenvalue weighted by atomic mass is 32.2. The van der Waals surface area contributed by atoms with Crippen LogP contribution in [-0.4, -0.2) is 45.0 Å². The van der Waals surface area contributed by atoms with Crippen molar-refractivity contribution in [2.45, 2.75) is 26.0 Å². The summed E-state index contributed by atoms with van der Waals surface area (Å²) >= 11 is 1.22. The molecular weight excluding hydrogens is 280 g/mol. The van der Waals surface area contributed by atoms with Gasteiger partial charge in [0.25, 0.3) is 11.1 Å². The number of carbonyl (C=O) groups excluding carboxylic acids is 1. The number of hydrogen-bond acceptors (Lipinski definition) is 7. The lowest BCUT2D eigenvalue weighted by Crippen LogP contribution is -2.31. The molecule has 0 bridgehead atoms. The predicted molar refractivity (Wildman–Crippen MR) is 73.2 cm³/mol. The Kier molecular flexibility index (Phi) is 4.78. The lowest BCUT2D eigenvalue weighted by atomic mass is 10.4. The van der Waals surface area contributed by atoms with Crippen LogP contribution in [0.4, 0.5) is 0 Å². The van der Waals surface area contributed by atoms with E-state index in [2.05, 4.69) is 15.4 Å². The first kappa shape index (κ1) is 14.6. The van der Waals surface area contributed by atoms with Crippen molar-refractivity contribution in [2.75, 3.05) is 18.8 Å². The molecule has 0 fully saturated rings. The van der Waals surface area contributed by atoms with Crippen molar-refractivity contribution in [1.82, 2.24) is 20.3 Å². The average molecular weight is 296 g/mol. The number of nitrogens with zero attached hydrogens (tertiary/aromatic N) is 4. The van der Waals surface area contributed by atoms with Crippen LogP contribution in [-0.2, 0) is 4.79 Å². The van der Waals surface area contributed by atoms with Crippen LogP contribution in [0, 0.1) is 6.92 Å². The lowest BCUT2D eigenvalue weighted by molar-refractivity contribution is -0.127. The Balaban J connectivity index is 1.95. The van der Waals surface area contributed by atoms with Gasteiger partial charge in [-0.1, -0.05) is 16.9 Å². The minimum atomic E-state index is 0.0528. The highest BCUT2D eigenvalue weighted by Crippen LogP contribution is 2.22. The lowest BCUT2D eigenvalue weighted by Gasteiger charge is -2.17. The van der Waals surface area contributed by atoms with Gasteiger partial charge in [0.1, 0.15) is 5.76 Å². The van der Waals surface area contributed by atoms with E-state index in [4.69, 9.17) is 8.94 Å². The third kappa shape index (κ3) is 3.38. The largest absolute Gasteiger partial charge is 0.409 e. The van der Waals surface area contributed by atoms with Gasteiger partial charge in [0, 0.05) is 19.2 Å². The Labute approximate surface area is 120 Å². The van der Waals surface area contributed by atoms with Crippen LogP contribution >= 0.6 is 11.8 Å². The number of thioether (sulfide) groups is 1. The minimum absolute atomic E-state index is 0.0528. The number of carbonyl (C=O) groups is 1. The van der Waals surface area contributed by atoms with Crippen molar-refractivity contribution >= 4 is 17.7 Å². The molecule has 2 aromatic heterocycles. The number of hydrogen-bond donors (Lipinski definition) is 0. The Hall–Kier alpha value is -1.83. The molecule has 0 saturated carbocycles. The van der Waals surface area contributed by atoms with Gasteiger partial charge in [-0.2, -0.15) is 0 Å².